The highest BCUT2D eigenvalue weighted by Gasteiger charge is 2.53. The lowest BCUT2D eigenvalue weighted by Gasteiger charge is -2.51. The molecular weight excluding hydrogens is 316 g/mol. The molecule has 0 bridgehead atoms. The molecule has 0 spiro atoms. The van der Waals surface area contributed by atoms with E-state index >= 15 is 0 Å². The number of carbonyl (C=O) groups excluding carboxylic acids is 1. The van der Waals surface area contributed by atoms with Crippen LogP contribution in [0, 0.1) is 17.3 Å². The van der Waals surface area contributed by atoms with Gasteiger partial charge in [-0.15, -0.1) is 0 Å². The minimum atomic E-state index is -0.355. The highest BCUT2D eigenvalue weighted by atomic mass is 16.6. The largest absolute Gasteiger partial charge is 0.493 e. The minimum absolute atomic E-state index is 0.307. The van der Waals surface area contributed by atoms with Gasteiger partial charge >= 0.3 is 5.97 Å². The molecule has 4 heteroatoms. The van der Waals surface area contributed by atoms with E-state index in [1.165, 1.54) is 38.2 Å². The SMILES string of the molecule is COc1cc2c(cc1OC(C)=O)C[C@H](O)[C@@H]1[C@@H]2CC[C@]2(C)CCC[C@@H]12. The first-order valence-corrected chi connectivity index (χ1v) is 9.50. The van der Waals surface area contributed by atoms with Crippen LogP contribution in [0.3, 0.4) is 0 Å². The highest BCUT2D eigenvalue weighted by Crippen LogP contribution is 2.61. The van der Waals surface area contributed by atoms with E-state index in [9.17, 15) is 9.90 Å². The number of esters is 1. The summed E-state index contributed by atoms with van der Waals surface area (Å²) in [6.07, 6.45) is 6.53. The third-order valence-corrected chi connectivity index (χ3v) is 7.07. The standard InChI is InChI=1S/C21H28O4/c1-12(22)25-19-10-13-9-17(23)20-14(15(13)11-18(19)24-3)6-8-21(2)7-4-5-16(20)21/h10-11,14,16-17,20,23H,4-9H2,1-3H3/t14-,16+,17+,20-,21+/m1/s1. The van der Waals surface area contributed by atoms with Crippen LogP contribution in [0.5, 0.6) is 11.5 Å². The van der Waals surface area contributed by atoms with E-state index in [1.54, 1.807) is 7.11 Å². The van der Waals surface area contributed by atoms with Gasteiger partial charge in [0.25, 0.3) is 0 Å². The van der Waals surface area contributed by atoms with Crippen LogP contribution in [0.2, 0.25) is 0 Å². The van der Waals surface area contributed by atoms with Crippen molar-refractivity contribution in [2.24, 2.45) is 17.3 Å². The van der Waals surface area contributed by atoms with Crippen LogP contribution in [0.15, 0.2) is 12.1 Å². The van der Waals surface area contributed by atoms with E-state index in [1.807, 2.05) is 6.07 Å². The molecule has 136 valence electrons. The number of hydrogen-bond donors (Lipinski definition) is 1. The van der Waals surface area contributed by atoms with E-state index in [0.29, 0.717) is 41.1 Å². The van der Waals surface area contributed by atoms with Crippen molar-refractivity contribution in [2.75, 3.05) is 7.11 Å². The van der Waals surface area contributed by atoms with Crippen LogP contribution in [0.25, 0.3) is 0 Å². The second-order valence-corrected chi connectivity index (χ2v) is 8.44. The Morgan fingerprint density at radius 2 is 2.04 bits per heavy atom. The molecule has 0 amide bonds. The van der Waals surface area contributed by atoms with Gasteiger partial charge < -0.3 is 14.6 Å². The minimum Gasteiger partial charge on any atom is -0.493 e. The maximum Gasteiger partial charge on any atom is 0.308 e. The van der Waals surface area contributed by atoms with Crippen LogP contribution in [0.1, 0.15) is 63.0 Å². The van der Waals surface area contributed by atoms with Crippen molar-refractivity contribution in [3.8, 4) is 11.5 Å². The molecule has 5 atom stereocenters. The number of fused-ring (bicyclic) bond motifs is 5. The Morgan fingerprint density at radius 3 is 2.76 bits per heavy atom. The number of benzene rings is 1. The lowest BCUT2D eigenvalue weighted by molar-refractivity contribution is -0.132. The fourth-order valence-corrected chi connectivity index (χ4v) is 5.98. The average molecular weight is 344 g/mol. The number of ether oxygens (including phenoxy) is 2. The first-order chi connectivity index (χ1) is 11.9. The summed E-state index contributed by atoms with van der Waals surface area (Å²) >= 11 is 0. The van der Waals surface area contributed by atoms with Crippen LogP contribution < -0.4 is 9.47 Å². The molecule has 0 aliphatic heterocycles. The van der Waals surface area contributed by atoms with Crippen molar-refractivity contribution in [3.63, 3.8) is 0 Å². The van der Waals surface area contributed by atoms with Gasteiger partial charge in [0, 0.05) is 6.92 Å². The Kier molecular flexibility index (Phi) is 4.06. The summed E-state index contributed by atoms with van der Waals surface area (Å²) in [5, 5.41) is 11.0. The van der Waals surface area contributed by atoms with Crippen LogP contribution in [0.4, 0.5) is 0 Å². The second-order valence-electron chi connectivity index (χ2n) is 8.44. The van der Waals surface area contributed by atoms with Crippen molar-refractivity contribution < 1.29 is 19.4 Å². The summed E-state index contributed by atoms with van der Waals surface area (Å²) in [6.45, 7) is 3.82. The third-order valence-electron chi connectivity index (χ3n) is 7.07. The molecule has 0 unspecified atom stereocenters. The topological polar surface area (TPSA) is 55.8 Å². The zero-order valence-electron chi connectivity index (χ0n) is 15.4. The predicted molar refractivity (Wildman–Crippen MR) is 94.9 cm³/mol. The first kappa shape index (κ1) is 16.9. The normalized spacial score (nSPS) is 36.2. The molecule has 4 rings (SSSR count). The molecule has 4 nitrogen and oxygen atoms in total. The average Bonchev–Trinajstić information content (AvgIpc) is 2.95. The number of hydrogen-bond acceptors (Lipinski definition) is 4. The van der Waals surface area contributed by atoms with Gasteiger partial charge in [-0.05, 0) is 78.5 Å². The van der Waals surface area contributed by atoms with Crippen molar-refractivity contribution in [2.45, 2.75) is 64.4 Å². The summed E-state index contributed by atoms with van der Waals surface area (Å²) < 4.78 is 10.8. The molecule has 25 heavy (non-hydrogen) atoms. The van der Waals surface area contributed by atoms with Gasteiger partial charge in [0.1, 0.15) is 0 Å². The van der Waals surface area contributed by atoms with Crippen molar-refractivity contribution >= 4 is 5.97 Å². The van der Waals surface area contributed by atoms with E-state index in [0.717, 1.165) is 12.0 Å². The number of aliphatic hydroxyl groups is 1. The van der Waals surface area contributed by atoms with E-state index in [2.05, 4.69) is 13.0 Å². The van der Waals surface area contributed by atoms with Gasteiger partial charge in [-0.2, -0.15) is 0 Å². The molecule has 0 heterocycles. The Hall–Kier alpha value is -1.55. The van der Waals surface area contributed by atoms with E-state index < -0.39 is 0 Å². The van der Waals surface area contributed by atoms with Crippen LogP contribution in [-0.2, 0) is 11.2 Å². The molecule has 0 aromatic heterocycles. The highest BCUT2D eigenvalue weighted by molar-refractivity contribution is 5.71. The maximum atomic E-state index is 11.4. The van der Waals surface area contributed by atoms with Gasteiger partial charge in [0.05, 0.1) is 13.2 Å². The maximum absolute atomic E-state index is 11.4. The Balaban J connectivity index is 1.75. The van der Waals surface area contributed by atoms with Gasteiger partial charge in [0.2, 0.25) is 0 Å². The lowest BCUT2D eigenvalue weighted by Crippen LogP contribution is -2.46. The summed E-state index contributed by atoms with van der Waals surface area (Å²) in [4.78, 5) is 11.4. The van der Waals surface area contributed by atoms with Crippen LogP contribution >= 0.6 is 0 Å². The van der Waals surface area contributed by atoms with Gasteiger partial charge in [-0.3, -0.25) is 4.79 Å². The third kappa shape index (κ3) is 2.66. The summed E-state index contributed by atoms with van der Waals surface area (Å²) in [7, 11) is 1.61. The van der Waals surface area contributed by atoms with Crippen molar-refractivity contribution in [1.82, 2.24) is 0 Å². The molecule has 1 aromatic carbocycles. The molecule has 0 saturated heterocycles. The van der Waals surface area contributed by atoms with Crippen molar-refractivity contribution in [3.05, 3.63) is 23.3 Å². The Morgan fingerprint density at radius 1 is 1.24 bits per heavy atom. The molecule has 1 N–H and O–H groups in total. The molecule has 0 radical (unpaired) electrons. The smallest absolute Gasteiger partial charge is 0.308 e. The molecule has 2 fully saturated rings. The number of carbonyl (C=O) groups is 1. The lowest BCUT2D eigenvalue weighted by atomic mass is 9.55. The summed E-state index contributed by atoms with van der Waals surface area (Å²) in [5.41, 5.74) is 2.80. The Labute approximate surface area is 149 Å². The zero-order valence-corrected chi connectivity index (χ0v) is 15.4. The first-order valence-electron chi connectivity index (χ1n) is 9.50. The molecular formula is C21H28O4. The van der Waals surface area contributed by atoms with E-state index in [4.69, 9.17) is 9.47 Å². The number of methoxy groups -OCH3 is 1. The summed E-state index contributed by atoms with van der Waals surface area (Å²) in [6, 6.07) is 3.95. The Bertz CT molecular complexity index is 697. The molecule has 2 saturated carbocycles. The van der Waals surface area contributed by atoms with Gasteiger partial charge in [-0.1, -0.05) is 13.3 Å². The quantitative estimate of drug-likeness (QED) is 0.654. The second kappa shape index (κ2) is 6.01. The fraction of sp³-hybridized carbons (Fsp3) is 0.667. The molecule has 3 aliphatic rings. The van der Waals surface area contributed by atoms with Gasteiger partial charge in [-0.25, -0.2) is 0 Å². The summed E-state index contributed by atoms with van der Waals surface area (Å²) in [5.74, 6) is 2.07. The predicted octanol–water partition coefficient (Wildman–Crippen LogP) is 3.84. The van der Waals surface area contributed by atoms with Crippen LogP contribution in [-0.4, -0.2) is 24.3 Å². The number of aliphatic hydroxyl groups excluding tert-OH is 1. The van der Waals surface area contributed by atoms with E-state index in [-0.39, 0.29) is 12.1 Å². The molecule has 1 aromatic rings. The monoisotopic (exact) mass is 344 g/mol. The fourth-order valence-electron chi connectivity index (χ4n) is 5.98. The zero-order chi connectivity index (χ0) is 17.8. The van der Waals surface area contributed by atoms with Gasteiger partial charge in [0.15, 0.2) is 11.5 Å². The number of rotatable bonds is 2. The van der Waals surface area contributed by atoms with Crippen molar-refractivity contribution in [1.29, 1.82) is 0 Å². The molecule has 3 aliphatic carbocycles.